The molecule has 0 radical (unpaired) electrons. The molecule has 0 spiro atoms. The zero-order chi connectivity index (χ0) is 19.2. The summed E-state index contributed by atoms with van der Waals surface area (Å²) in [5, 5.41) is 11.5. The number of nitrogens with zero attached hydrogens (tertiary/aromatic N) is 4. The van der Waals surface area contributed by atoms with Gasteiger partial charge in [0.05, 0.1) is 6.20 Å². The van der Waals surface area contributed by atoms with Crippen LogP contribution in [0.5, 0.6) is 11.5 Å². The Hall–Kier alpha value is -3.15. The molecule has 6 heteroatoms. The van der Waals surface area contributed by atoms with E-state index in [1.807, 2.05) is 54.6 Å². The minimum Gasteiger partial charge on any atom is -0.457 e. The van der Waals surface area contributed by atoms with Crippen LogP contribution in [0.15, 0.2) is 60.8 Å². The Bertz CT molecular complexity index is 885. The Balaban J connectivity index is 1.44. The van der Waals surface area contributed by atoms with E-state index in [2.05, 4.69) is 27.3 Å². The fraction of sp³-hybridized carbons (Fsp3) is 0.318. The lowest BCUT2D eigenvalue weighted by molar-refractivity contribution is 0.446. The van der Waals surface area contributed by atoms with E-state index in [4.69, 9.17) is 9.72 Å². The van der Waals surface area contributed by atoms with Crippen molar-refractivity contribution in [2.45, 2.75) is 38.6 Å². The summed E-state index contributed by atoms with van der Waals surface area (Å²) in [5.41, 5.74) is 0.894. The average molecular weight is 375 g/mol. The lowest BCUT2D eigenvalue weighted by Crippen LogP contribution is -2.39. The molecular weight excluding hydrogens is 350 g/mol. The van der Waals surface area contributed by atoms with Gasteiger partial charge in [-0.25, -0.2) is 0 Å². The van der Waals surface area contributed by atoms with E-state index in [9.17, 15) is 0 Å². The predicted molar refractivity (Wildman–Crippen MR) is 111 cm³/mol. The molecule has 3 aromatic rings. The number of piperidine rings is 1. The number of ether oxygens (including phenoxy) is 1. The fourth-order valence-corrected chi connectivity index (χ4v) is 3.57. The average Bonchev–Trinajstić information content (AvgIpc) is 2.76. The van der Waals surface area contributed by atoms with Crippen molar-refractivity contribution in [3.63, 3.8) is 0 Å². The second-order valence-electron chi connectivity index (χ2n) is 6.95. The van der Waals surface area contributed by atoms with Crippen LogP contribution in [0, 0.1) is 0 Å². The van der Waals surface area contributed by atoms with Crippen molar-refractivity contribution in [2.75, 3.05) is 16.8 Å². The van der Waals surface area contributed by atoms with Gasteiger partial charge in [-0.05, 0) is 62.1 Å². The number of hydrogen-bond acceptors (Lipinski definition) is 6. The number of aromatic nitrogens is 3. The molecule has 144 valence electrons. The molecule has 1 aromatic heterocycles. The van der Waals surface area contributed by atoms with Gasteiger partial charge in [-0.3, -0.25) is 0 Å². The molecule has 1 fully saturated rings. The molecule has 1 aliphatic rings. The van der Waals surface area contributed by atoms with E-state index in [1.54, 1.807) is 6.20 Å². The maximum absolute atomic E-state index is 5.83. The van der Waals surface area contributed by atoms with E-state index in [1.165, 1.54) is 19.3 Å². The standard InChI is InChI=1S/C22H25N5O/c1-2-18-8-6-7-15-27(18)21-16-23-26-22(25-21)24-17-11-13-20(14-12-17)28-19-9-4-3-5-10-19/h3-5,9-14,16,18H,2,6-8,15H2,1H3,(H,24,25,26). The molecule has 4 rings (SSSR count). The second kappa shape index (κ2) is 8.69. The number of anilines is 3. The van der Waals surface area contributed by atoms with E-state index < -0.39 is 0 Å². The van der Waals surface area contributed by atoms with E-state index in [0.717, 1.165) is 36.0 Å². The third-order valence-electron chi connectivity index (χ3n) is 5.03. The highest BCUT2D eigenvalue weighted by Crippen LogP contribution is 2.26. The Morgan fingerprint density at radius 1 is 1.04 bits per heavy atom. The zero-order valence-electron chi connectivity index (χ0n) is 16.1. The van der Waals surface area contributed by atoms with Gasteiger partial charge in [0.25, 0.3) is 0 Å². The molecule has 1 atom stereocenters. The van der Waals surface area contributed by atoms with Gasteiger partial charge >= 0.3 is 0 Å². The van der Waals surface area contributed by atoms with Gasteiger partial charge < -0.3 is 15.0 Å². The van der Waals surface area contributed by atoms with Gasteiger partial charge in [0, 0.05) is 18.3 Å². The minimum absolute atomic E-state index is 0.509. The third-order valence-corrected chi connectivity index (χ3v) is 5.03. The Labute approximate surface area is 165 Å². The molecule has 0 aliphatic carbocycles. The Kier molecular flexibility index (Phi) is 5.66. The summed E-state index contributed by atoms with van der Waals surface area (Å²) in [6.45, 7) is 3.26. The van der Waals surface area contributed by atoms with Crippen LogP contribution in [0.3, 0.4) is 0 Å². The molecule has 1 saturated heterocycles. The van der Waals surface area contributed by atoms with Gasteiger partial charge in [-0.15, -0.1) is 5.10 Å². The highest BCUT2D eigenvalue weighted by atomic mass is 16.5. The molecule has 2 heterocycles. The van der Waals surface area contributed by atoms with Crippen LogP contribution >= 0.6 is 0 Å². The molecular formula is C22H25N5O. The van der Waals surface area contributed by atoms with Crippen LogP contribution in [0.1, 0.15) is 32.6 Å². The monoisotopic (exact) mass is 375 g/mol. The van der Waals surface area contributed by atoms with Crippen molar-refractivity contribution < 1.29 is 4.74 Å². The lowest BCUT2D eigenvalue weighted by atomic mass is 10.0. The van der Waals surface area contributed by atoms with Crippen LogP contribution in [-0.2, 0) is 0 Å². The number of nitrogens with one attached hydrogen (secondary N) is 1. The zero-order valence-corrected chi connectivity index (χ0v) is 16.1. The predicted octanol–water partition coefficient (Wildman–Crippen LogP) is 5.18. The SMILES string of the molecule is CCC1CCCCN1c1cnnc(Nc2ccc(Oc3ccccc3)cc2)n1. The quantitative estimate of drug-likeness (QED) is 0.641. The van der Waals surface area contributed by atoms with Crippen LogP contribution in [0.25, 0.3) is 0 Å². The van der Waals surface area contributed by atoms with Crippen LogP contribution < -0.4 is 15.0 Å². The summed E-state index contributed by atoms with van der Waals surface area (Å²) < 4.78 is 5.83. The van der Waals surface area contributed by atoms with Crippen molar-refractivity contribution in [1.82, 2.24) is 15.2 Å². The van der Waals surface area contributed by atoms with Gasteiger partial charge in [0.2, 0.25) is 5.95 Å². The number of benzene rings is 2. The first-order valence-electron chi connectivity index (χ1n) is 9.88. The molecule has 1 N–H and O–H groups in total. The van der Waals surface area contributed by atoms with Crippen molar-refractivity contribution in [1.29, 1.82) is 0 Å². The molecule has 28 heavy (non-hydrogen) atoms. The first kappa shape index (κ1) is 18.2. The molecule has 1 aliphatic heterocycles. The van der Waals surface area contributed by atoms with Crippen LogP contribution in [0.2, 0.25) is 0 Å². The molecule has 0 bridgehead atoms. The highest BCUT2D eigenvalue weighted by molar-refractivity contribution is 5.56. The normalized spacial score (nSPS) is 16.6. The smallest absolute Gasteiger partial charge is 0.249 e. The largest absolute Gasteiger partial charge is 0.457 e. The second-order valence-corrected chi connectivity index (χ2v) is 6.95. The van der Waals surface area contributed by atoms with Crippen LogP contribution in [-0.4, -0.2) is 27.8 Å². The van der Waals surface area contributed by atoms with Crippen molar-refractivity contribution in [3.8, 4) is 11.5 Å². The van der Waals surface area contributed by atoms with Crippen molar-refractivity contribution in [2.24, 2.45) is 0 Å². The molecule has 6 nitrogen and oxygen atoms in total. The summed E-state index contributed by atoms with van der Waals surface area (Å²) in [7, 11) is 0. The molecule has 1 unspecified atom stereocenters. The highest BCUT2D eigenvalue weighted by Gasteiger charge is 2.22. The Morgan fingerprint density at radius 2 is 1.82 bits per heavy atom. The molecule has 2 aromatic carbocycles. The summed E-state index contributed by atoms with van der Waals surface area (Å²) in [6.07, 6.45) is 6.58. The topological polar surface area (TPSA) is 63.2 Å². The van der Waals surface area contributed by atoms with Gasteiger partial charge in [0.1, 0.15) is 11.5 Å². The van der Waals surface area contributed by atoms with Crippen LogP contribution in [0.4, 0.5) is 17.5 Å². The molecule has 0 saturated carbocycles. The summed E-state index contributed by atoms with van der Waals surface area (Å²) in [4.78, 5) is 7.05. The first-order chi connectivity index (χ1) is 13.8. The van der Waals surface area contributed by atoms with Crippen molar-refractivity contribution >= 4 is 17.5 Å². The van der Waals surface area contributed by atoms with Gasteiger partial charge in [-0.1, -0.05) is 25.1 Å². The number of para-hydroxylation sites is 1. The van der Waals surface area contributed by atoms with E-state index in [-0.39, 0.29) is 0 Å². The molecule has 0 amide bonds. The van der Waals surface area contributed by atoms with Gasteiger partial charge in [0.15, 0.2) is 5.82 Å². The van der Waals surface area contributed by atoms with E-state index >= 15 is 0 Å². The maximum Gasteiger partial charge on any atom is 0.249 e. The van der Waals surface area contributed by atoms with Gasteiger partial charge in [-0.2, -0.15) is 10.1 Å². The number of hydrogen-bond donors (Lipinski definition) is 1. The van der Waals surface area contributed by atoms with Crippen molar-refractivity contribution in [3.05, 3.63) is 60.8 Å². The third kappa shape index (κ3) is 4.39. The number of rotatable bonds is 6. The summed E-state index contributed by atoms with van der Waals surface area (Å²) in [6, 6.07) is 18.0. The fourth-order valence-electron chi connectivity index (χ4n) is 3.57. The first-order valence-corrected chi connectivity index (χ1v) is 9.88. The summed E-state index contributed by atoms with van der Waals surface area (Å²) in [5.74, 6) is 3.00. The maximum atomic E-state index is 5.83. The van der Waals surface area contributed by atoms with E-state index in [0.29, 0.717) is 12.0 Å². The Morgan fingerprint density at radius 3 is 2.61 bits per heavy atom. The lowest BCUT2D eigenvalue weighted by Gasteiger charge is -2.35. The summed E-state index contributed by atoms with van der Waals surface area (Å²) >= 11 is 0. The minimum atomic E-state index is 0.509.